The smallest absolute Gasteiger partial charge is 0.348 e. The highest BCUT2D eigenvalue weighted by molar-refractivity contribution is 7.14. The van der Waals surface area contributed by atoms with Crippen molar-refractivity contribution in [2.24, 2.45) is 0 Å². The molecule has 2 aromatic rings. The summed E-state index contributed by atoms with van der Waals surface area (Å²) in [5, 5.41) is 0. The zero-order valence-electron chi connectivity index (χ0n) is 20.1. The Hall–Kier alpha value is -1.87. The Kier molecular flexibility index (Phi) is 7.47. The topological polar surface area (TPSA) is 26.3 Å². The Labute approximate surface area is 192 Å². The van der Waals surface area contributed by atoms with Gasteiger partial charge in [0.1, 0.15) is 4.88 Å². The van der Waals surface area contributed by atoms with E-state index in [0.717, 1.165) is 11.3 Å². The van der Waals surface area contributed by atoms with Crippen molar-refractivity contribution in [1.29, 1.82) is 0 Å². The minimum absolute atomic E-state index is 0.204. The van der Waals surface area contributed by atoms with Gasteiger partial charge in [0.15, 0.2) is 0 Å². The van der Waals surface area contributed by atoms with Gasteiger partial charge >= 0.3 is 5.97 Å². The fourth-order valence-electron chi connectivity index (χ4n) is 4.61. The number of hydrogen-bond acceptors (Lipinski definition) is 3. The van der Waals surface area contributed by atoms with Gasteiger partial charge in [-0.15, -0.1) is 11.3 Å². The zero-order chi connectivity index (χ0) is 22.6. The molecule has 1 aromatic carbocycles. The number of fused-ring (bicyclic) bond motifs is 1. The fourth-order valence-corrected chi connectivity index (χ4v) is 5.44. The van der Waals surface area contributed by atoms with Crippen LogP contribution in [-0.4, -0.2) is 13.1 Å². The van der Waals surface area contributed by atoms with Crippen molar-refractivity contribution in [2.45, 2.75) is 90.4 Å². The van der Waals surface area contributed by atoms with Gasteiger partial charge in [0.25, 0.3) is 0 Å². The largest absolute Gasteiger partial charge is 0.465 e. The zero-order valence-corrected chi connectivity index (χ0v) is 21.0. The molecular formula is C28H38O2S. The summed E-state index contributed by atoms with van der Waals surface area (Å²) < 4.78 is 4.85. The van der Waals surface area contributed by atoms with Crippen LogP contribution in [0.15, 0.2) is 24.3 Å². The van der Waals surface area contributed by atoms with Crippen LogP contribution in [0.5, 0.6) is 0 Å². The molecule has 0 saturated carbocycles. The Morgan fingerprint density at radius 3 is 2.32 bits per heavy atom. The number of ether oxygens (including phenoxy) is 1. The molecule has 3 heteroatoms. The number of rotatable bonds is 8. The van der Waals surface area contributed by atoms with Crippen LogP contribution in [0.2, 0.25) is 0 Å². The van der Waals surface area contributed by atoms with E-state index in [9.17, 15) is 4.79 Å². The van der Waals surface area contributed by atoms with Crippen LogP contribution < -0.4 is 0 Å². The number of benzene rings is 1. The Bertz CT molecular complexity index is 946. The lowest BCUT2D eigenvalue weighted by Gasteiger charge is -2.42. The molecule has 0 unspecified atom stereocenters. The lowest BCUT2D eigenvalue weighted by Crippen LogP contribution is -2.34. The van der Waals surface area contributed by atoms with Crippen molar-refractivity contribution in [3.63, 3.8) is 0 Å². The standard InChI is InChI=1S/C28H38O2S/c1-7-8-9-10-11-20-18-23-24(28(4,5)17-16-27(23,2)3)19-21(20)12-13-22-14-15-25(31-22)26(29)30-6/h12-15,18-19H,7-11,16-17H2,1-6H3. The van der Waals surface area contributed by atoms with Crippen LogP contribution in [0.1, 0.15) is 110 Å². The average molecular weight is 439 g/mol. The molecule has 1 aliphatic rings. The molecule has 31 heavy (non-hydrogen) atoms. The van der Waals surface area contributed by atoms with Crippen LogP contribution >= 0.6 is 11.3 Å². The van der Waals surface area contributed by atoms with Crippen LogP contribution in [0.4, 0.5) is 0 Å². The third-order valence-electron chi connectivity index (χ3n) is 6.85. The van der Waals surface area contributed by atoms with E-state index in [-0.39, 0.29) is 16.8 Å². The molecule has 0 radical (unpaired) electrons. The maximum absolute atomic E-state index is 11.8. The van der Waals surface area contributed by atoms with Crippen LogP contribution in [0.3, 0.4) is 0 Å². The normalized spacial score (nSPS) is 17.0. The molecule has 1 heterocycles. The van der Waals surface area contributed by atoms with Crippen LogP contribution in [0, 0.1) is 0 Å². The minimum atomic E-state index is -0.265. The summed E-state index contributed by atoms with van der Waals surface area (Å²) >= 11 is 1.48. The summed E-state index contributed by atoms with van der Waals surface area (Å²) in [4.78, 5) is 13.5. The summed E-state index contributed by atoms with van der Waals surface area (Å²) in [6.45, 7) is 11.8. The van der Waals surface area contributed by atoms with E-state index in [1.165, 1.54) is 79.2 Å². The van der Waals surface area contributed by atoms with E-state index in [1.807, 2.05) is 12.1 Å². The predicted octanol–water partition coefficient (Wildman–Crippen LogP) is 8.18. The Morgan fingerprint density at radius 1 is 1.00 bits per heavy atom. The number of carbonyl (C=O) groups is 1. The maximum atomic E-state index is 11.8. The molecule has 0 spiro atoms. The molecule has 3 rings (SSSR count). The molecule has 0 bridgehead atoms. The van der Waals surface area contributed by atoms with Crippen LogP contribution in [-0.2, 0) is 22.0 Å². The van der Waals surface area contributed by atoms with E-state index in [1.54, 1.807) is 0 Å². The molecule has 0 atom stereocenters. The lowest BCUT2D eigenvalue weighted by atomic mass is 9.62. The molecule has 168 valence electrons. The summed E-state index contributed by atoms with van der Waals surface area (Å²) in [5.74, 6) is -0.265. The second-order valence-electron chi connectivity index (χ2n) is 10.2. The molecule has 0 N–H and O–H groups in total. The van der Waals surface area contributed by atoms with Gasteiger partial charge in [-0.2, -0.15) is 0 Å². The average Bonchev–Trinajstić information content (AvgIpc) is 3.21. The Balaban J connectivity index is 1.98. The second kappa shape index (κ2) is 9.73. The summed E-state index contributed by atoms with van der Waals surface area (Å²) in [5.41, 5.74) is 6.26. The Morgan fingerprint density at radius 2 is 1.68 bits per heavy atom. The maximum Gasteiger partial charge on any atom is 0.348 e. The third-order valence-corrected chi connectivity index (χ3v) is 7.88. The van der Waals surface area contributed by atoms with E-state index in [0.29, 0.717) is 4.88 Å². The summed E-state index contributed by atoms with van der Waals surface area (Å²) in [6, 6.07) is 8.81. The molecule has 2 nitrogen and oxygen atoms in total. The van der Waals surface area contributed by atoms with Gasteiger partial charge < -0.3 is 4.74 Å². The van der Waals surface area contributed by atoms with Gasteiger partial charge in [0, 0.05) is 4.88 Å². The fraction of sp³-hybridized carbons (Fsp3) is 0.536. The van der Waals surface area contributed by atoms with Crippen molar-refractivity contribution in [3.8, 4) is 0 Å². The van der Waals surface area contributed by atoms with Gasteiger partial charge in [0.2, 0.25) is 0 Å². The van der Waals surface area contributed by atoms with Gasteiger partial charge in [-0.25, -0.2) is 4.79 Å². The highest BCUT2D eigenvalue weighted by Crippen LogP contribution is 2.47. The van der Waals surface area contributed by atoms with E-state index in [2.05, 4.69) is 58.9 Å². The molecule has 0 saturated heterocycles. The number of unbranched alkanes of at least 4 members (excludes halogenated alkanes) is 3. The number of methoxy groups -OCH3 is 1. The van der Waals surface area contributed by atoms with Crippen molar-refractivity contribution in [2.75, 3.05) is 7.11 Å². The lowest BCUT2D eigenvalue weighted by molar-refractivity contribution is 0.0606. The van der Waals surface area contributed by atoms with E-state index >= 15 is 0 Å². The highest BCUT2D eigenvalue weighted by atomic mass is 32.1. The van der Waals surface area contributed by atoms with Crippen molar-refractivity contribution < 1.29 is 9.53 Å². The molecular weight excluding hydrogens is 400 g/mol. The van der Waals surface area contributed by atoms with Gasteiger partial charge in [-0.05, 0) is 77.0 Å². The van der Waals surface area contributed by atoms with Gasteiger partial charge in [0.05, 0.1) is 7.11 Å². The van der Waals surface area contributed by atoms with Gasteiger partial charge in [-0.3, -0.25) is 0 Å². The number of thiophene rings is 1. The predicted molar refractivity (Wildman–Crippen MR) is 134 cm³/mol. The molecule has 0 amide bonds. The number of aryl methyl sites for hydroxylation is 1. The van der Waals surface area contributed by atoms with E-state index in [4.69, 9.17) is 4.74 Å². The van der Waals surface area contributed by atoms with Crippen LogP contribution in [0.25, 0.3) is 12.2 Å². The molecule has 0 fully saturated rings. The van der Waals surface area contributed by atoms with Crippen molar-refractivity contribution >= 4 is 29.5 Å². The van der Waals surface area contributed by atoms with Crippen molar-refractivity contribution in [3.05, 3.63) is 56.3 Å². The van der Waals surface area contributed by atoms with Gasteiger partial charge in [-0.1, -0.05) is 72.1 Å². The highest BCUT2D eigenvalue weighted by Gasteiger charge is 2.37. The first-order valence-corrected chi connectivity index (χ1v) is 12.5. The first-order valence-electron chi connectivity index (χ1n) is 11.7. The molecule has 0 aliphatic heterocycles. The third kappa shape index (κ3) is 5.49. The SMILES string of the molecule is CCCCCCc1cc2c(cc1C=Cc1ccc(C(=O)OC)s1)C(C)(C)CCC2(C)C. The number of carbonyl (C=O) groups excluding carboxylic acids is 1. The first kappa shape index (κ1) is 23.8. The summed E-state index contributed by atoms with van der Waals surface area (Å²) in [6.07, 6.45) is 13.1. The number of hydrogen-bond donors (Lipinski definition) is 0. The quantitative estimate of drug-likeness (QED) is 0.307. The molecule has 1 aromatic heterocycles. The molecule has 1 aliphatic carbocycles. The number of esters is 1. The monoisotopic (exact) mass is 438 g/mol. The van der Waals surface area contributed by atoms with E-state index < -0.39 is 0 Å². The van der Waals surface area contributed by atoms with Crippen molar-refractivity contribution in [1.82, 2.24) is 0 Å². The first-order chi connectivity index (χ1) is 14.7. The minimum Gasteiger partial charge on any atom is -0.465 e. The summed E-state index contributed by atoms with van der Waals surface area (Å²) in [7, 11) is 1.43. The second-order valence-corrected chi connectivity index (χ2v) is 11.3.